The number of rotatable bonds is 7. The van der Waals surface area contributed by atoms with E-state index in [1.165, 1.54) is 49.7 Å². The van der Waals surface area contributed by atoms with Gasteiger partial charge >= 0.3 is 0 Å². The summed E-state index contributed by atoms with van der Waals surface area (Å²) in [5.41, 5.74) is 4.50. The van der Waals surface area contributed by atoms with Crippen LogP contribution in [0.1, 0.15) is 50.2 Å². The molecular formula is C18H27N. The molecule has 104 valence electrons. The SMILES string of the molecule is Cc1cccc(CCC(C)NCCC2=CCCC2)c1. The summed E-state index contributed by atoms with van der Waals surface area (Å²) in [7, 11) is 0. The second-order valence-electron chi connectivity index (χ2n) is 5.89. The van der Waals surface area contributed by atoms with Crippen LogP contribution in [0.15, 0.2) is 35.9 Å². The van der Waals surface area contributed by atoms with Crippen LogP contribution in [0.4, 0.5) is 0 Å². The van der Waals surface area contributed by atoms with Crippen LogP contribution < -0.4 is 5.32 Å². The van der Waals surface area contributed by atoms with E-state index in [-0.39, 0.29) is 0 Å². The van der Waals surface area contributed by atoms with Crippen LogP contribution in [-0.4, -0.2) is 12.6 Å². The molecular weight excluding hydrogens is 230 g/mol. The first-order valence-corrected chi connectivity index (χ1v) is 7.71. The van der Waals surface area contributed by atoms with Crippen molar-refractivity contribution in [1.82, 2.24) is 5.32 Å². The molecule has 0 saturated carbocycles. The second-order valence-corrected chi connectivity index (χ2v) is 5.89. The lowest BCUT2D eigenvalue weighted by atomic mass is 10.0. The highest BCUT2D eigenvalue weighted by Crippen LogP contribution is 2.19. The summed E-state index contributed by atoms with van der Waals surface area (Å²) in [5.74, 6) is 0. The Labute approximate surface area is 118 Å². The van der Waals surface area contributed by atoms with Gasteiger partial charge in [-0.3, -0.25) is 0 Å². The van der Waals surface area contributed by atoms with Crippen LogP contribution >= 0.6 is 0 Å². The third-order valence-electron chi connectivity index (χ3n) is 4.02. The molecule has 0 aromatic heterocycles. The molecule has 0 radical (unpaired) electrons. The molecule has 1 heteroatoms. The van der Waals surface area contributed by atoms with E-state index >= 15 is 0 Å². The smallest absolute Gasteiger partial charge is 0.00420 e. The Balaban J connectivity index is 1.62. The van der Waals surface area contributed by atoms with Gasteiger partial charge in [0.2, 0.25) is 0 Å². The van der Waals surface area contributed by atoms with E-state index in [4.69, 9.17) is 0 Å². The van der Waals surface area contributed by atoms with E-state index in [1.54, 1.807) is 5.57 Å². The molecule has 1 aromatic rings. The average molecular weight is 257 g/mol. The van der Waals surface area contributed by atoms with Crippen molar-refractivity contribution in [1.29, 1.82) is 0 Å². The fourth-order valence-corrected chi connectivity index (χ4v) is 2.80. The minimum Gasteiger partial charge on any atom is -0.314 e. The molecule has 0 saturated heterocycles. The molecule has 1 nitrogen and oxygen atoms in total. The number of hydrogen-bond donors (Lipinski definition) is 1. The lowest BCUT2D eigenvalue weighted by Gasteiger charge is -2.14. The van der Waals surface area contributed by atoms with Crippen LogP contribution in [0, 0.1) is 6.92 Å². The molecule has 1 N–H and O–H groups in total. The molecule has 1 aliphatic carbocycles. The van der Waals surface area contributed by atoms with Crippen molar-refractivity contribution in [2.24, 2.45) is 0 Å². The predicted molar refractivity (Wildman–Crippen MR) is 83.5 cm³/mol. The van der Waals surface area contributed by atoms with Gasteiger partial charge in [0.1, 0.15) is 0 Å². The fourth-order valence-electron chi connectivity index (χ4n) is 2.80. The summed E-state index contributed by atoms with van der Waals surface area (Å²) in [6, 6.07) is 9.48. The van der Waals surface area contributed by atoms with Crippen molar-refractivity contribution in [2.75, 3.05) is 6.54 Å². The molecule has 0 bridgehead atoms. The molecule has 19 heavy (non-hydrogen) atoms. The fraction of sp³-hybridized carbons (Fsp3) is 0.556. The van der Waals surface area contributed by atoms with Gasteiger partial charge in [-0.25, -0.2) is 0 Å². The number of aryl methyl sites for hydroxylation is 2. The van der Waals surface area contributed by atoms with Crippen molar-refractivity contribution in [2.45, 2.75) is 58.4 Å². The van der Waals surface area contributed by atoms with Crippen LogP contribution in [0.25, 0.3) is 0 Å². The number of hydrogen-bond acceptors (Lipinski definition) is 1. The van der Waals surface area contributed by atoms with Crippen molar-refractivity contribution >= 4 is 0 Å². The molecule has 1 atom stereocenters. The van der Waals surface area contributed by atoms with Gasteiger partial charge in [0.15, 0.2) is 0 Å². The van der Waals surface area contributed by atoms with Gasteiger partial charge in [0.05, 0.1) is 0 Å². The highest BCUT2D eigenvalue weighted by Gasteiger charge is 2.06. The maximum absolute atomic E-state index is 3.65. The summed E-state index contributed by atoms with van der Waals surface area (Å²) in [4.78, 5) is 0. The van der Waals surface area contributed by atoms with Crippen molar-refractivity contribution < 1.29 is 0 Å². The Morgan fingerprint density at radius 1 is 1.26 bits per heavy atom. The number of allylic oxidation sites excluding steroid dienone is 1. The zero-order chi connectivity index (χ0) is 13.5. The molecule has 2 rings (SSSR count). The lowest BCUT2D eigenvalue weighted by molar-refractivity contribution is 0.515. The third kappa shape index (κ3) is 5.20. The normalized spacial score (nSPS) is 16.4. The summed E-state index contributed by atoms with van der Waals surface area (Å²) in [6.45, 7) is 5.61. The van der Waals surface area contributed by atoms with E-state index in [0.29, 0.717) is 6.04 Å². The third-order valence-corrected chi connectivity index (χ3v) is 4.02. The summed E-state index contributed by atoms with van der Waals surface area (Å²) >= 11 is 0. The van der Waals surface area contributed by atoms with Gasteiger partial charge < -0.3 is 5.32 Å². The maximum atomic E-state index is 3.65. The largest absolute Gasteiger partial charge is 0.314 e. The van der Waals surface area contributed by atoms with Gasteiger partial charge in [0.25, 0.3) is 0 Å². The van der Waals surface area contributed by atoms with Crippen molar-refractivity contribution in [3.8, 4) is 0 Å². The van der Waals surface area contributed by atoms with Crippen LogP contribution in [0.5, 0.6) is 0 Å². The Hall–Kier alpha value is -1.08. The summed E-state index contributed by atoms with van der Waals surface area (Å²) < 4.78 is 0. The molecule has 0 spiro atoms. The van der Waals surface area contributed by atoms with Gasteiger partial charge in [-0.05, 0) is 64.5 Å². The minimum absolute atomic E-state index is 0.613. The van der Waals surface area contributed by atoms with Gasteiger partial charge in [0, 0.05) is 6.04 Å². The van der Waals surface area contributed by atoms with Crippen LogP contribution in [0.3, 0.4) is 0 Å². The molecule has 0 aliphatic heterocycles. The van der Waals surface area contributed by atoms with E-state index < -0.39 is 0 Å². The second kappa shape index (κ2) is 7.49. The van der Waals surface area contributed by atoms with Gasteiger partial charge in [-0.1, -0.05) is 41.5 Å². The Kier molecular flexibility index (Phi) is 5.65. The number of benzene rings is 1. The molecule has 0 heterocycles. The van der Waals surface area contributed by atoms with E-state index in [9.17, 15) is 0 Å². The van der Waals surface area contributed by atoms with Gasteiger partial charge in [-0.15, -0.1) is 0 Å². The Morgan fingerprint density at radius 3 is 2.89 bits per heavy atom. The monoisotopic (exact) mass is 257 g/mol. The molecule has 0 amide bonds. The van der Waals surface area contributed by atoms with Crippen molar-refractivity contribution in [3.63, 3.8) is 0 Å². The molecule has 1 aromatic carbocycles. The van der Waals surface area contributed by atoms with Gasteiger partial charge in [-0.2, -0.15) is 0 Å². The van der Waals surface area contributed by atoms with Crippen molar-refractivity contribution in [3.05, 3.63) is 47.0 Å². The van der Waals surface area contributed by atoms with Crippen LogP contribution in [0.2, 0.25) is 0 Å². The summed E-state index contributed by atoms with van der Waals surface area (Å²) in [6.07, 6.45) is 10.1. The topological polar surface area (TPSA) is 12.0 Å². The van der Waals surface area contributed by atoms with Crippen LogP contribution in [-0.2, 0) is 6.42 Å². The predicted octanol–water partition coefficient (Wildman–Crippen LogP) is 4.41. The molecule has 0 fully saturated rings. The average Bonchev–Trinajstić information content (AvgIpc) is 2.90. The number of nitrogens with one attached hydrogen (secondary N) is 1. The Morgan fingerprint density at radius 2 is 2.16 bits per heavy atom. The lowest BCUT2D eigenvalue weighted by Crippen LogP contribution is -2.27. The summed E-state index contributed by atoms with van der Waals surface area (Å²) in [5, 5.41) is 3.65. The first-order chi connectivity index (χ1) is 9.24. The van der Waals surface area contributed by atoms with E-state index in [1.807, 2.05) is 0 Å². The zero-order valence-electron chi connectivity index (χ0n) is 12.4. The van der Waals surface area contributed by atoms with E-state index in [2.05, 4.69) is 49.5 Å². The molecule has 1 aliphatic rings. The maximum Gasteiger partial charge on any atom is 0.00420 e. The standard InChI is InChI=1S/C18H27N/c1-15-6-5-9-18(14-15)11-10-16(2)19-13-12-17-7-3-4-8-17/h5-7,9,14,16,19H,3-4,8,10-13H2,1-2H3. The first-order valence-electron chi connectivity index (χ1n) is 7.71. The molecule has 1 unspecified atom stereocenters. The minimum atomic E-state index is 0.613. The van der Waals surface area contributed by atoms with E-state index in [0.717, 1.165) is 6.54 Å². The highest BCUT2D eigenvalue weighted by molar-refractivity contribution is 5.22. The highest BCUT2D eigenvalue weighted by atomic mass is 14.9. The first kappa shape index (κ1) is 14.3. The zero-order valence-corrected chi connectivity index (χ0v) is 12.4. The Bertz CT molecular complexity index is 419. The quantitative estimate of drug-likeness (QED) is 0.714.